The van der Waals surface area contributed by atoms with Crippen molar-refractivity contribution in [3.63, 3.8) is 0 Å². The average Bonchev–Trinajstić information content (AvgIpc) is 2.44. The van der Waals surface area contributed by atoms with Gasteiger partial charge < -0.3 is 5.32 Å². The number of nitrogens with one attached hydrogen (secondary N) is 2. The summed E-state index contributed by atoms with van der Waals surface area (Å²) in [7, 11) is 0. The van der Waals surface area contributed by atoms with Gasteiger partial charge in [-0.2, -0.15) is 0 Å². The summed E-state index contributed by atoms with van der Waals surface area (Å²) >= 11 is 9.05. The number of carbonyl (C=O) groups is 2. The van der Waals surface area contributed by atoms with Crippen molar-refractivity contribution < 1.29 is 14.0 Å². The third-order valence-electron chi connectivity index (χ3n) is 2.50. The first-order valence-electron chi connectivity index (χ1n) is 5.78. The molecular formula is C14H9BrClFN2O2. The Morgan fingerprint density at radius 1 is 1.10 bits per heavy atom. The van der Waals surface area contributed by atoms with Gasteiger partial charge in [0, 0.05) is 10.2 Å². The largest absolute Gasteiger partial charge is 0.326 e. The van der Waals surface area contributed by atoms with Gasteiger partial charge in [0.1, 0.15) is 5.82 Å². The molecule has 0 saturated heterocycles. The van der Waals surface area contributed by atoms with E-state index >= 15 is 0 Å². The summed E-state index contributed by atoms with van der Waals surface area (Å²) in [5.74, 6) is -1.40. The van der Waals surface area contributed by atoms with Crippen LogP contribution in [0.2, 0.25) is 5.02 Å². The molecule has 21 heavy (non-hydrogen) atoms. The maximum atomic E-state index is 13.1. The van der Waals surface area contributed by atoms with E-state index in [2.05, 4.69) is 26.6 Å². The molecule has 2 aromatic rings. The molecule has 0 spiro atoms. The van der Waals surface area contributed by atoms with Gasteiger partial charge >= 0.3 is 6.03 Å². The lowest BCUT2D eigenvalue weighted by molar-refractivity contribution is 0.0967. The summed E-state index contributed by atoms with van der Waals surface area (Å²) in [6, 6.07) is 9.39. The number of rotatable bonds is 2. The van der Waals surface area contributed by atoms with E-state index in [1.165, 1.54) is 6.07 Å². The molecule has 0 radical (unpaired) electrons. The lowest BCUT2D eigenvalue weighted by Gasteiger charge is -2.08. The van der Waals surface area contributed by atoms with E-state index in [-0.39, 0.29) is 10.6 Å². The molecule has 0 aliphatic rings. The van der Waals surface area contributed by atoms with Crippen molar-refractivity contribution in [3.05, 3.63) is 63.3 Å². The molecule has 7 heteroatoms. The number of imide groups is 1. The van der Waals surface area contributed by atoms with Gasteiger partial charge in [0.15, 0.2) is 0 Å². The van der Waals surface area contributed by atoms with Crippen molar-refractivity contribution in [3.8, 4) is 0 Å². The predicted molar refractivity (Wildman–Crippen MR) is 82.0 cm³/mol. The molecule has 0 aliphatic carbocycles. The van der Waals surface area contributed by atoms with E-state index in [0.29, 0.717) is 5.69 Å². The van der Waals surface area contributed by atoms with Crippen molar-refractivity contribution in [1.82, 2.24) is 5.32 Å². The fraction of sp³-hybridized carbons (Fsp3) is 0. The van der Waals surface area contributed by atoms with Gasteiger partial charge in [-0.25, -0.2) is 9.18 Å². The Hall–Kier alpha value is -1.92. The molecule has 0 heterocycles. The van der Waals surface area contributed by atoms with E-state index in [4.69, 9.17) is 11.6 Å². The van der Waals surface area contributed by atoms with Gasteiger partial charge in [-0.3, -0.25) is 10.1 Å². The van der Waals surface area contributed by atoms with Crippen LogP contribution in [0.4, 0.5) is 14.9 Å². The highest BCUT2D eigenvalue weighted by atomic mass is 79.9. The number of anilines is 1. The standard InChI is InChI=1S/C14H9BrClFN2O2/c15-8-1-4-10(5-2-8)18-14(21)19-13(20)11-7-9(17)3-6-12(11)16/h1-7H,(H2,18,19,20,21). The maximum absolute atomic E-state index is 13.1. The minimum Gasteiger partial charge on any atom is -0.308 e. The van der Waals surface area contributed by atoms with Gasteiger partial charge in [0.2, 0.25) is 0 Å². The molecule has 0 unspecified atom stereocenters. The number of amides is 3. The first-order chi connectivity index (χ1) is 9.95. The number of halogens is 3. The highest BCUT2D eigenvalue weighted by Crippen LogP contribution is 2.17. The second kappa shape index (κ2) is 6.69. The summed E-state index contributed by atoms with van der Waals surface area (Å²) in [6.45, 7) is 0. The SMILES string of the molecule is O=C(NC(=O)c1cc(F)ccc1Cl)Nc1ccc(Br)cc1. The minimum atomic E-state index is -0.783. The third-order valence-corrected chi connectivity index (χ3v) is 3.36. The lowest BCUT2D eigenvalue weighted by Crippen LogP contribution is -2.34. The molecule has 0 saturated carbocycles. The van der Waals surface area contributed by atoms with E-state index in [1.807, 2.05) is 0 Å². The quantitative estimate of drug-likeness (QED) is 0.831. The average molecular weight is 372 g/mol. The smallest absolute Gasteiger partial charge is 0.308 e. The summed E-state index contributed by atoms with van der Waals surface area (Å²) < 4.78 is 13.9. The van der Waals surface area contributed by atoms with Crippen LogP contribution in [-0.4, -0.2) is 11.9 Å². The zero-order valence-electron chi connectivity index (χ0n) is 10.5. The van der Waals surface area contributed by atoms with Crippen molar-refractivity contribution in [2.24, 2.45) is 0 Å². The molecule has 0 fully saturated rings. The van der Waals surface area contributed by atoms with Gasteiger partial charge in [-0.05, 0) is 42.5 Å². The summed E-state index contributed by atoms with van der Waals surface area (Å²) in [5.41, 5.74) is 0.400. The number of carbonyl (C=O) groups excluding carboxylic acids is 2. The van der Waals surface area contributed by atoms with Crippen LogP contribution in [0.5, 0.6) is 0 Å². The Kier molecular flexibility index (Phi) is 4.93. The first-order valence-corrected chi connectivity index (χ1v) is 6.96. The Labute approximate surface area is 133 Å². The van der Waals surface area contributed by atoms with Crippen LogP contribution >= 0.6 is 27.5 Å². The van der Waals surface area contributed by atoms with E-state index < -0.39 is 17.8 Å². The molecule has 3 amide bonds. The molecule has 108 valence electrons. The number of hydrogen-bond acceptors (Lipinski definition) is 2. The van der Waals surface area contributed by atoms with Crippen LogP contribution in [0.3, 0.4) is 0 Å². The second-order valence-corrected chi connectivity index (χ2v) is 5.36. The van der Waals surface area contributed by atoms with Crippen LogP contribution in [-0.2, 0) is 0 Å². The van der Waals surface area contributed by atoms with E-state index in [9.17, 15) is 14.0 Å². The van der Waals surface area contributed by atoms with E-state index in [1.54, 1.807) is 24.3 Å². The normalized spacial score (nSPS) is 10.0. The Bertz CT molecular complexity index is 692. The third kappa shape index (κ3) is 4.27. The van der Waals surface area contributed by atoms with Gasteiger partial charge in [0.25, 0.3) is 5.91 Å². The van der Waals surface area contributed by atoms with Gasteiger partial charge in [-0.15, -0.1) is 0 Å². The molecule has 0 aliphatic heterocycles. The fourth-order valence-corrected chi connectivity index (χ4v) is 2.01. The molecule has 0 aromatic heterocycles. The highest BCUT2D eigenvalue weighted by Gasteiger charge is 2.14. The number of urea groups is 1. The zero-order valence-corrected chi connectivity index (χ0v) is 12.8. The summed E-state index contributed by atoms with van der Waals surface area (Å²) in [6.07, 6.45) is 0. The van der Waals surface area contributed by atoms with Crippen LogP contribution in [0.1, 0.15) is 10.4 Å². The fourth-order valence-electron chi connectivity index (χ4n) is 1.54. The van der Waals surface area contributed by atoms with Crippen LogP contribution in [0.15, 0.2) is 46.9 Å². The molecule has 2 aromatic carbocycles. The topological polar surface area (TPSA) is 58.2 Å². The van der Waals surface area contributed by atoms with Gasteiger partial charge in [-0.1, -0.05) is 27.5 Å². The van der Waals surface area contributed by atoms with Crippen LogP contribution < -0.4 is 10.6 Å². The molecule has 0 atom stereocenters. The summed E-state index contributed by atoms with van der Waals surface area (Å²) in [4.78, 5) is 23.5. The molecule has 2 rings (SSSR count). The van der Waals surface area contributed by atoms with Crippen LogP contribution in [0, 0.1) is 5.82 Å². The molecular weight excluding hydrogens is 363 g/mol. The van der Waals surface area contributed by atoms with Crippen LogP contribution in [0.25, 0.3) is 0 Å². The first kappa shape index (κ1) is 15.5. The molecule has 2 N–H and O–H groups in total. The maximum Gasteiger partial charge on any atom is 0.326 e. The zero-order chi connectivity index (χ0) is 15.4. The minimum absolute atomic E-state index is 0.0605. The lowest BCUT2D eigenvalue weighted by atomic mass is 10.2. The highest BCUT2D eigenvalue weighted by molar-refractivity contribution is 9.10. The molecule has 4 nitrogen and oxygen atoms in total. The van der Waals surface area contributed by atoms with Crippen molar-refractivity contribution in [2.75, 3.05) is 5.32 Å². The summed E-state index contributed by atoms with van der Waals surface area (Å²) in [5, 5.41) is 4.61. The van der Waals surface area contributed by atoms with Crippen molar-refractivity contribution in [1.29, 1.82) is 0 Å². The Balaban J connectivity index is 2.03. The Morgan fingerprint density at radius 2 is 1.76 bits per heavy atom. The van der Waals surface area contributed by atoms with Crippen molar-refractivity contribution >= 4 is 45.2 Å². The van der Waals surface area contributed by atoms with E-state index in [0.717, 1.165) is 16.6 Å². The predicted octanol–water partition coefficient (Wildman–Crippen LogP) is 4.20. The Morgan fingerprint density at radius 3 is 2.43 bits per heavy atom. The second-order valence-electron chi connectivity index (χ2n) is 4.04. The van der Waals surface area contributed by atoms with Gasteiger partial charge in [0.05, 0.1) is 10.6 Å². The number of benzene rings is 2. The molecule has 0 bridgehead atoms. The van der Waals surface area contributed by atoms with Crippen molar-refractivity contribution in [2.45, 2.75) is 0 Å². The number of hydrogen-bond donors (Lipinski definition) is 2. The monoisotopic (exact) mass is 370 g/mol.